The number of halogens is 1. The number of thiazole rings is 1. The van der Waals surface area contributed by atoms with Crippen molar-refractivity contribution in [2.45, 2.75) is 65.5 Å². The zero-order chi connectivity index (χ0) is 27.3. The molecule has 4 rings (SSSR count). The molecule has 2 N–H and O–H groups in total. The summed E-state index contributed by atoms with van der Waals surface area (Å²) in [7, 11) is 0. The molecule has 0 atom stereocenters. The van der Waals surface area contributed by atoms with Crippen molar-refractivity contribution in [1.29, 1.82) is 0 Å². The average molecular weight is 554 g/mol. The van der Waals surface area contributed by atoms with Gasteiger partial charge in [0.25, 0.3) is 5.91 Å². The number of anilines is 1. The Morgan fingerprint density at radius 3 is 2.39 bits per heavy atom. The molecule has 2 aromatic carbocycles. The van der Waals surface area contributed by atoms with Crippen LogP contribution >= 0.6 is 22.9 Å². The van der Waals surface area contributed by atoms with Crippen LogP contribution in [0, 0.1) is 11.3 Å². The first-order valence-corrected chi connectivity index (χ1v) is 14.4. The molecule has 0 unspecified atom stereocenters. The fraction of sp³-hybridized carbons (Fsp3) is 0.433. The molecule has 1 aliphatic rings. The monoisotopic (exact) mass is 553 g/mol. The second kappa shape index (κ2) is 12.3. The van der Waals surface area contributed by atoms with Gasteiger partial charge in [0.15, 0.2) is 5.13 Å². The topological polar surface area (TPSA) is 82.5 Å². The number of rotatable bonds is 9. The van der Waals surface area contributed by atoms with Gasteiger partial charge in [-0.05, 0) is 60.8 Å². The number of carboxylic acids is 1. The summed E-state index contributed by atoms with van der Waals surface area (Å²) in [5.74, 6) is -0.480. The van der Waals surface area contributed by atoms with E-state index in [1.165, 1.54) is 12.8 Å². The zero-order valence-corrected chi connectivity index (χ0v) is 23.8. The highest BCUT2D eigenvalue weighted by molar-refractivity contribution is 7.14. The summed E-state index contributed by atoms with van der Waals surface area (Å²) in [6, 6.07) is 15.7. The zero-order valence-electron chi connectivity index (χ0n) is 22.2. The molecule has 0 spiro atoms. The van der Waals surface area contributed by atoms with E-state index in [-0.39, 0.29) is 18.9 Å². The average Bonchev–Trinajstić information content (AvgIpc) is 3.37. The van der Waals surface area contributed by atoms with E-state index in [0.29, 0.717) is 28.6 Å². The lowest BCUT2D eigenvalue weighted by molar-refractivity contribution is -0.136. The van der Waals surface area contributed by atoms with Crippen LogP contribution in [0.25, 0.3) is 11.3 Å². The molecule has 0 aliphatic heterocycles. The normalized spacial score (nSPS) is 17.7. The number of aromatic nitrogens is 1. The highest BCUT2D eigenvalue weighted by atomic mass is 35.5. The van der Waals surface area contributed by atoms with Crippen molar-refractivity contribution in [3.63, 3.8) is 0 Å². The van der Waals surface area contributed by atoms with Crippen LogP contribution in [0.4, 0.5) is 5.13 Å². The maximum atomic E-state index is 12.4. The number of benzene rings is 2. The molecule has 1 amide bonds. The molecule has 1 aromatic heterocycles. The van der Waals surface area contributed by atoms with Crippen LogP contribution in [0.3, 0.4) is 0 Å². The van der Waals surface area contributed by atoms with Crippen LogP contribution in [-0.4, -0.2) is 34.6 Å². The van der Waals surface area contributed by atoms with E-state index < -0.39 is 5.97 Å². The number of amides is 1. The number of carboxylic acid groups (broad SMARTS) is 1. The fourth-order valence-electron chi connectivity index (χ4n) is 5.14. The Morgan fingerprint density at radius 2 is 1.76 bits per heavy atom. The highest BCUT2D eigenvalue weighted by Gasteiger charge is 2.33. The van der Waals surface area contributed by atoms with Crippen molar-refractivity contribution in [2.75, 3.05) is 11.4 Å². The van der Waals surface area contributed by atoms with E-state index in [9.17, 15) is 9.59 Å². The lowest BCUT2D eigenvalue weighted by atomic mass is 9.71. The van der Waals surface area contributed by atoms with Crippen LogP contribution in [-0.2, 0) is 11.3 Å². The smallest absolute Gasteiger partial charge is 0.305 e. The van der Waals surface area contributed by atoms with Crippen molar-refractivity contribution < 1.29 is 14.7 Å². The number of aliphatic carboxylic acids is 1. The molecule has 0 radical (unpaired) electrons. The number of nitrogens with zero attached hydrogens (tertiary/aromatic N) is 2. The minimum absolute atomic E-state index is 0.0970. The molecule has 38 heavy (non-hydrogen) atoms. The second-order valence-corrected chi connectivity index (χ2v) is 12.3. The third-order valence-corrected chi connectivity index (χ3v) is 8.65. The lowest BCUT2D eigenvalue weighted by Gasteiger charge is -2.41. The summed E-state index contributed by atoms with van der Waals surface area (Å²) < 4.78 is 0. The summed E-state index contributed by atoms with van der Waals surface area (Å²) in [4.78, 5) is 30.5. The molecule has 1 aliphatic carbocycles. The van der Waals surface area contributed by atoms with Gasteiger partial charge in [0.2, 0.25) is 0 Å². The fourth-order valence-corrected chi connectivity index (χ4v) is 6.27. The van der Waals surface area contributed by atoms with Gasteiger partial charge < -0.3 is 15.3 Å². The van der Waals surface area contributed by atoms with Gasteiger partial charge in [0.1, 0.15) is 0 Å². The second-order valence-electron chi connectivity index (χ2n) is 11.1. The molecular weight excluding hydrogens is 518 g/mol. The van der Waals surface area contributed by atoms with E-state index in [2.05, 4.69) is 36.4 Å². The van der Waals surface area contributed by atoms with Crippen molar-refractivity contribution in [3.05, 3.63) is 70.1 Å². The Morgan fingerprint density at radius 1 is 1.08 bits per heavy atom. The largest absolute Gasteiger partial charge is 0.481 e. The van der Waals surface area contributed by atoms with Crippen molar-refractivity contribution in [2.24, 2.45) is 11.3 Å². The van der Waals surface area contributed by atoms with Crippen LogP contribution in [0.1, 0.15) is 68.8 Å². The molecule has 1 heterocycles. The standard InChI is InChI=1S/C30H36ClN3O3S/c1-30(2,3)22-12-14-23(15-13-22)34(29-33-26(19-38-29)24-6-4-5-7-25(24)31)18-20-8-10-21(11-9-20)28(37)32-17-16-27(35)36/h4-11,19,22-23H,12-18H2,1-3H3,(H,32,37)(H,35,36). The molecule has 1 saturated carbocycles. The van der Waals surface area contributed by atoms with E-state index in [0.717, 1.165) is 40.7 Å². The SMILES string of the molecule is CC(C)(C)C1CCC(N(Cc2ccc(C(=O)NCCC(=O)O)cc2)c2nc(-c3ccccc3Cl)cs2)CC1. The Bertz CT molecular complexity index is 1240. The predicted octanol–water partition coefficient (Wildman–Crippen LogP) is 7.28. The minimum Gasteiger partial charge on any atom is -0.481 e. The Hall–Kier alpha value is -2.90. The predicted molar refractivity (Wildman–Crippen MR) is 155 cm³/mol. The molecule has 6 nitrogen and oxygen atoms in total. The Kier molecular flexibility index (Phi) is 9.11. The molecule has 0 saturated heterocycles. The van der Waals surface area contributed by atoms with Gasteiger partial charge in [0.05, 0.1) is 12.1 Å². The first-order chi connectivity index (χ1) is 18.1. The maximum absolute atomic E-state index is 12.4. The summed E-state index contributed by atoms with van der Waals surface area (Å²) >= 11 is 8.11. The lowest BCUT2D eigenvalue weighted by Crippen LogP contribution is -2.39. The van der Waals surface area contributed by atoms with Gasteiger partial charge in [-0.25, -0.2) is 4.98 Å². The Labute approximate surface area is 234 Å². The van der Waals surface area contributed by atoms with Crippen LogP contribution in [0.15, 0.2) is 53.9 Å². The number of hydrogen-bond acceptors (Lipinski definition) is 5. The number of nitrogens with one attached hydrogen (secondary N) is 1. The van der Waals surface area contributed by atoms with Crippen LogP contribution in [0.2, 0.25) is 5.02 Å². The van der Waals surface area contributed by atoms with Gasteiger partial charge in [-0.15, -0.1) is 11.3 Å². The van der Waals surface area contributed by atoms with Gasteiger partial charge >= 0.3 is 5.97 Å². The van der Waals surface area contributed by atoms with E-state index in [4.69, 9.17) is 21.7 Å². The Balaban J connectivity index is 1.53. The molecule has 0 bridgehead atoms. The number of carbonyl (C=O) groups is 2. The highest BCUT2D eigenvalue weighted by Crippen LogP contribution is 2.41. The van der Waals surface area contributed by atoms with Gasteiger partial charge in [-0.1, -0.05) is 62.7 Å². The first kappa shape index (κ1) is 28.1. The number of hydrogen-bond donors (Lipinski definition) is 2. The summed E-state index contributed by atoms with van der Waals surface area (Å²) in [6.45, 7) is 7.82. The summed E-state index contributed by atoms with van der Waals surface area (Å²) in [6.07, 6.45) is 4.53. The first-order valence-electron chi connectivity index (χ1n) is 13.2. The minimum atomic E-state index is -0.933. The molecule has 1 fully saturated rings. The third-order valence-electron chi connectivity index (χ3n) is 7.44. The summed E-state index contributed by atoms with van der Waals surface area (Å²) in [5.41, 5.74) is 3.75. The molecule has 3 aromatic rings. The van der Waals surface area contributed by atoms with E-state index in [1.807, 2.05) is 36.4 Å². The van der Waals surface area contributed by atoms with E-state index >= 15 is 0 Å². The van der Waals surface area contributed by atoms with Crippen molar-refractivity contribution >= 4 is 39.9 Å². The molecule has 202 valence electrons. The van der Waals surface area contributed by atoms with Crippen molar-refractivity contribution in [1.82, 2.24) is 10.3 Å². The van der Waals surface area contributed by atoms with Crippen LogP contribution in [0.5, 0.6) is 0 Å². The molecular formula is C30H36ClN3O3S. The van der Waals surface area contributed by atoms with Gasteiger partial charge in [-0.2, -0.15) is 0 Å². The van der Waals surface area contributed by atoms with Crippen LogP contribution < -0.4 is 10.2 Å². The maximum Gasteiger partial charge on any atom is 0.305 e. The van der Waals surface area contributed by atoms with E-state index in [1.54, 1.807) is 23.5 Å². The number of carbonyl (C=O) groups excluding carboxylic acids is 1. The third kappa shape index (κ3) is 7.14. The van der Waals surface area contributed by atoms with Gasteiger partial charge in [0, 0.05) is 40.7 Å². The quantitative estimate of drug-likeness (QED) is 0.291. The summed E-state index contributed by atoms with van der Waals surface area (Å²) in [5, 5.41) is 15.2. The van der Waals surface area contributed by atoms with Crippen molar-refractivity contribution in [3.8, 4) is 11.3 Å². The van der Waals surface area contributed by atoms with Gasteiger partial charge in [-0.3, -0.25) is 9.59 Å². The molecule has 8 heteroatoms.